The molecular weight excluding hydrogens is 138 g/mol. The maximum atomic E-state index is 10.7. The number of nitrogens with two attached hydrogens (primary N) is 1. The van der Waals surface area contributed by atoms with Gasteiger partial charge in [0.05, 0.1) is 7.11 Å². The first-order chi connectivity index (χ1) is 4.26. The monoisotopic (exact) mass is 149 g/mol. The van der Waals surface area contributed by atoms with Crippen molar-refractivity contribution in [2.75, 3.05) is 19.9 Å². The highest BCUT2D eigenvalue weighted by Gasteiger charge is 2.14. The first kappa shape index (κ1) is 8.78. The number of thioether (sulfide) groups is 1. The fraction of sp³-hybridized carbons (Fsp3) is 0.800. The van der Waals surface area contributed by atoms with E-state index in [0.717, 1.165) is 0 Å². The molecule has 0 aliphatic rings. The van der Waals surface area contributed by atoms with Gasteiger partial charge >= 0.3 is 5.97 Å². The van der Waals surface area contributed by atoms with Crippen LogP contribution in [0.4, 0.5) is 0 Å². The van der Waals surface area contributed by atoms with Crippen molar-refractivity contribution >= 4 is 17.7 Å². The van der Waals surface area contributed by atoms with Crippen LogP contribution in [0.5, 0.6) is 0 Å². The van der Waals surface area contributed by atoms with Gasteiger partial charge in [0.25, 0.3) is 0 Å². The minimum atomic E-state index is -0.245. The van der Waals surface area contributed by atoms with Gasteiger partial charge in [-0.3, -0.25) is 4.79 Å². The Balaban J connectivity index is 3.64. The number of carbonyl (C=O) groups excluding carboxylic acids is 1. The smallest absolute Gasteiger partial charge is 0.320 e. The van der Waals surface area contributed by atoms with Crippen molar-refractivity contribution < 1.29 is 9.53 Å². The Morgan fingerprint density at radius 3 is 2.56 bits per heavy atom. The molecule has 1 atom stereocenters. The molecule has 0 radical (unpaired) electrons. The van der Waals surface area contributed by atoms with Crippen molar-refractivity contribution in [1.82, 2.24) is 0 Å². The summed E-state index contributed by atoms with van der Waals surface area (Å²) in [7, 11) is 1.36. The lowest BCUT2D eigenvalue weighted by Crippen LogP contribution is -2.27. The average Bonchev–Trinajstić information content (AvgIpc) is 1.90. The standard InChI is InChI=1S/C5H11NO2S/c1-8-5(7)4(3-6)9-2/h4H,3,6H2,1-2H3. The Labute approximate surface area is 58.9 Å². The normalized spacial score (nSPS) is 12.8. The highest BCUT2D eigenvalue weighted by atomic mass is 32.2. The van der Waals surface area contributed by atoms with Gasteiger partial charge in [-0.15, -0.1) is 11.8 Å². The maximum Gasteiger partial charge on any atom is 0.320 e. The molecule has 0 rings (SSSR count). The molecule has 1 unspecified atom stereocenters. The summed E-state index contributed by atoms with van der Waals surface area (Å²) in [6, 6.07) is 0. The van der Waals surface area contributed by atoms with Crippen molar-refractivity contribution in [3.05, 3.63) is 0 Å². The van der Waals surface area contributed by atoms with Crippen LogP contribution in [0.1, 0.15) is 0 Å². The zero-order valence-corrected chi connectivity index (χ0v) is 6.40. The van der Waals surface area contributed by atoms with E-state index < -0.39 is 0 Å². The third kappa shape index (κ3) is 2.72. The van der Waals surface area contributed by atoms with Crippen molar-refractivity contribution in [2.24, 2.45) is 5.73 Å². The lowest BCUT2D eigenvalue weighted by Gasteiger charge is -2.06. The van der Waals surface area contributed by atoms with Crippen LogP contribution in [0.25, 0.3) is 0 Å². The molecule has 0 spiro atoms. The molecule has 0 fully saturated rings. The molecule has 4 heteroatoms. The molecule has 0 amide bonds. The van der Waals surface area contributed by atoms with Crippen LogP contribution in [-0.2, 0) is 9.53 Å². The predicted octanol–water partition coefficient (Wildman–Crippen LogP) is -0.150. The van der Waals surface area contributed by atoms with Crippen LogP contribution in [-0.4, -0.2) is 31.1 Å². The molecule has 9 heavy (non-hydrogen) atoms. The molecule has 0 bridgehead atoms. The molecule has 2 N–H and O–H groups in total. The van der Waals surface area contributed by atoms with E-state index >= 15 is 0 Å². The number of ether oxygens (including phenoxy) is 1. The second-order valence-electron chi connectivity index (χ2n) is 1.48. The van der Waals surface area contributed by atoms with Crippen molar-refractivity contribution in [3.63, 3.8) is 0 Å². The lowest BCUT2D eigenvalue weighted by molar-refractivity contribution is -0.139. The van der Waals surface area contributed by atoms with Gasteiger partial charge < -0.3 is 10.5 Å². The quantitative estimate of drug-likeness (QED) is 0.567. The number of rotatable bonds is 3. The van der Waals surface area contributed by atoms with Gasteiger partial charge in [-0.05, 0) is 6.26 Å². The zero-order chi connectivity index (χ0) is 7.28. The summed E-state index contributed by atoms with van der Waals surface area (Å²) >= 11 is 1.40. The Morgan fingerprint density at radius 2 is 2.44 bits per heavy atom. The van der Waals surface area contributed by atoms with Gasteiger partial charge in [-0.2, -0.15) is 0 Å². The van der Waals surface area contributed by atoms with Crippen LogP contribution in [0.2, 0.25) is 0 Å². The number of carbonyl (C=O) groups is 1. The van der Waals surface area contributed by atoms with Crippen molar-refractivity contribution in [1.29, 1.82) is 0 Å². The van der Waals surface area contributed by atoms with E-state index in [1.54, 1.807) is 0 Å². The van der Waals surface area contributed by atoms with Gasteiger partial charge in [0, 0.05) is 6.54 Å². The van der Waals surface area contributed by atoms with E-state index in [1.807, 2.05) is 6.26 Å². The fourth-order valence-electron chi connectivity index (χ4n) is 0.420. The third-order valence-electron chi connectivity index (χ3n) is 0.963. The first-order valence-corrected chi connectivity index (χ1v) is 3.85. The predicted molar refractivity (Wildman–Crippen MR) is 38.4 cm³/mol. The summed E-state index contributed by atoms with van der Waals surface area (Å²) < 4.78 is 4.45. The lowest BCUT2D eigenvalue weighted by atomic mass is 10.4. The van der Waals surface area contributed by atoms with E-state index in [9.17, 15) is 4.79 Å². The Morgan fingerprint density at radius 1 is 1.89 bits per heavy atom. The largest absolute Gasteiger partial charge is 0.468 e. The molecule has 0 aromatic rings. The molecule has 0 heterocycles. The Kier molecular flexibility index (Phi) is 4.53. The highest BCUT2D eigenvalue weighted by Crippen LogP contribution is 2.05. The SMILES string of the molecule is COC(=O)C(CN)SC. The molecule has 3 nitrogen and oxygen atoms in total. The van der Waals surface area contributed by atoms with Gasteiger partial charge in [0.1, 0.15) is 5.25 Å². The van der Waals surface area contributed by atoms with E-state index in [4.69, 9.17) is 5.73 Å². The molecule has 0 aromatic heterocycles. The maximum absolute atomic E-state index is 10.7. The number of esters is 1. The summed E-state index contributed by atoms with van der Waals surface area (Å²) in [6.07, 6.45) is 1.83. The average molecular weight is 149 g/mol. The van der Waals surface area contributed by atoms with Gasteiger partial charge in [-0.1, -0.05) is 0 Å². The molecule has 54 valence electrons. The van der Waals surface area contributed by atoms with Crippen molar-refractivity contribution in [3.8, 4) is 0 Å². The fourth-order valence-corrected chi connectivity index (χ4v) is 0.901. The third-order valence-corrected chi connectivity index (χ3v) is 1.92. The number of hydrogen-bond donors (Lipinski definition) is 1. The second kappa shape index (κ2) is 4.64. The number of methoxy groups -OCH3 is 1. The summed E-state index contributed by atoms with van der Waals surface area (Å²) in [4.78, 5) is 10.7. The molecule has 0 aliphatic carbocycles. The van der Waals surface area contributed by atoms with E-state index in [2.05, 4.69) is 4.74 Å². The summed E-state index contributed by atoms with van der Waals surface area (Å²) in [5.74, 6) is -0.245. The van der Waals surface area contributed by atoms with Crippen LogP contribution < -0.4 is 5.73 Å². The minimum absolute atomic E-state index is 0.199. The molecule has 0 aliphatic heterocycles. The van der Waals surface area contributed by atoms with E-state index in [0.29, 0.717) is 6.54 Å². The topological polar surface area (TPSA) is 52.3 Å². The molecule has 0 saturated carbocycles. The summed E-state index contributed by atoms with van der Waals surface area (Å²) in [6.45, 7) is 0.341. The molecular formula is C5H11NO2S. The van der Waals surface area contributed by atoms with E-state index in [-0.39, 0.29) is 11.2 Å². The second-order valence-corrected chi connectivity index (χ2v) is 2.52. The zero-order valence-electron chi connectivity index (χ0n) is 5.59. The molecule has 0 saturated heterocycles. The Hall–Kier alpha value is -0.220. The van der Waals surface area contributed by atoms with Gasteiger partial charge in [-0.25, -0.2) is 0 Å². The van der Waals surface area contributed by atoms with Crippen LogP contribution in [0.15, 0.2) is 0 Å². The van der Waals surface area contributed by atoms with Crippen LogP contribution in [0.3, 0.4) is 0 Å². The van der Waals surface area contributed by atoms with Crippen molar-refractivity contribution in [2.45, 2.75) is 5.25 Å². The number of hydrogen-bond acceptors (Lipinski definition) is 4. The van der Waals surface area contributed by atoms with E-state index in [1.165, 1.54) is 18.9 Å². The Bertz CT molecular complexity index is 93.0. The van der Waals surface area contributed by atoms with Crippen LogP contribution >= 0.6 is 11.8 Å². The highest BCUT2D eigenvalue weighted by molar-refractivity contribution is 7.99. The van der Waals surface area contributed by atoms with Crippen LogP contribution in [0, 0.1) is 0 Å². The summed E-state index contributed by atoms with van der Waals surface area (Å²) in [5, 5.41) is -0.199. The summed E-state index contributed by atoms with van der Waals surface area (Å²) in [5.41, 5.74) is 5.24. The van der Waals surface area contributed by atoms with Gasteiger partial charge in [0.15, 0.2) is 0 Å². The molecule has 0 aromatic carbocycles. The minimum Gasteiger partial charge on any atom is -0.468 e. The first-order valence-electron chi connectivity index (χ1n) is 2.57. The van der Waals surface area contributed by atoms with Gasteiger partial charge in [0.2, 0.25) is 0 Å².